The Morgan fingerprint density at radius 2 is 2.04 bits per heavy atom. The minimum Gasteiger partial charge on any atom is -0.494 e. The molecule has 0 saturated carbocycles. The number of rotatable bonds is 5. The number of hydrogen-bond donors (Lipinski definition) is 1. The van der Waals surface area contributed by atoms with Crippen molar-refractivity contribution < 1.29 is 9.53 Å². The number of ether oxygens (including phenoxy) is 1. The van der Waals surface area contributed by atoms with Gasteiger partial charge < -0.3 is 14.6 Å². The van der Waals surface area contributed by atoms with Crippen LogP contribution in [-0.4, -0.2) is 35.0 Å². The first kappa shape index (κ1) is 16.6. The first-order valence-corrected chi connectivity index (χ1v) is 8.48. The number of allylic oxidation sites excluding steroid dienone is 1. The van der Waals surface area contributed by atoms with Crippen LogP contribution >= 0.6 is 0 Å². The van der Waals surface area contributed by atoms with Crippen molar-refractivity contribution in [3.8, 4) is 5.75 Å². The third kappa shape index (κ3) is 3.46. The Hall–Kier alpha value is -2.27. The van der Waals surface area contributed by atoms with Crippen molar-refractivity contribution in [2.24, 2.45) is 0 Å². The molecular weight excluding hydrogens is 302 g/mol. The molecule has 1 saturated heterocycles. The Bertz CT molecular complexity index is 647. The summed E-state index contributed by atoms with van der Waals surface area (Å²) < 4.78 is 5.49. The van der Waals surface area contributed by atoms with E-state index in [1.807, 2.05) is 50.3 Å². The summed E-state index contributed by atoms with van der Waals surface area (Å²) in [5.74, 6) is 1.02. The Morgan fingerprint density at radius 1 is 1.29 bits per heavy atom. The molecule has 1 aromatic rings. The van der Waals surface area contributed by atoms with Gasteiger partial charge in [0.2, 0.25) is 0 Å². The first-order valence-electron chi connectivity index (χ1n) is 8.48. The molecule has 0 radical (unpaired) electrons. The monoisotopic (exact) mass is 327 g/mol. The van der Waals surface area contributed by atoms with Crippen LogP contribution in [0.4, 0.5) is 0 Å². The molecule has 1 amide bonds. The van der Waals surface area contributed by atoms with E-state index in [1.54, 1.807) is 4.90 Å². The van der Waals surface area contributed by atoms with E-state index in [9.17, 15) is 4.79 Å². The number of amides is 1. The Kier molecular flexibility index (Phi) is 4.90. The molecule has 2 aliphatic rings. The maximum atomic E-state index is 12.7. The van der Waals surface area contributed by atoms with Gasteiger partial charge in [0.15, 0.2) is 0 Å². The number of nitrogens with zero attached hydrogens (tertiary/aromatic N) is 2. The molecule has 2 aliphatic heterocycles. The van der Waals surface area contributed by atoms with Crippen LogP contribution in [-0.2, 0) is 4.79 Å². The van der Waals surface area contributed by atoms with E-state index in [2.05, 4.69) is 23.6 Å². The van der Waals surface area contributed by atoms with Gasteiger partial charge in [-0.05, 0) is 44.9 Å². The highest BCUT2D eigenvalue weighted by molar-refractivity contribution is 5.84. The summed E-state index contributed by atoms with van der Waals surface area (Å²) in [5, 5.41) is 1.93. The lowest BCUT2D eigenvalue weighted by Crippen LogP contribution is -2.47. The molecule has 128 valence electrons. The second-order valence-corrected chi connectivity index (χ2v) is 6.41. The van der Waals surface area contributed by atoms with Crippen LogP contribution in [0.5, 0.6) is 5.75 Å². The lowest BCUT2D eigenvalue weighted by atomic mass is 10.0. The van der Waals surface area contributed by atoms with Gasteiger partial charge in [0, 0.05) is 18.9 Å². The van der Waals surface area contributed by atoms with Crippen molar-refractivity contribution in [1.82, 2.24) is 15.3 Å². The third-order valence-electron chi connectivity index (χ3n) is 4.36. The average molecular weight is 327 g/mol. The van der Waals surface area contributed by atoms with Crippen molar-refractivity contribution in [1.29, 1.82) is 0 Å². The molecule has 5 heteroatoms. The molecular formula is C19H25N3O2. The fourth-order valence-corrected chi connectivity index (χ4v) is 3.05. The highest BCUT2D eigenvalue weighted by Crippen LogP contribution is 2.31. The van der Waals surface area contributed by atoms with Gasteiger partial charge in [0.1, 0.15) is 11.8 Å². The molecule has 0 spiro atoms. The summed E-state index contributed by atoms with van der Waals surface area (Å²) >= 11 is 0. The number of carbonyl (C=O) groups excluding carboxylic acids is 1. The van der Waals surface area contributed by atoms with E-state index < -0.39 is 0 Å². The van der Waals surface area contributed by atoms with Gasteiger partial charge in [-0.15, -0.1) is 0 Å². The minimum absolute atomic E-state index is 0.141. The molecule has 3 rings (SSSR count). The molecule has 2 atom stereocenters. The summed E-state index contributed by atoms with van der Waals surface area (Å²) in [6.45, 7) is 7.36. The van der Waals surface area contributed by atoms with E-state index in [4.69, 9.17) is 4.74 Å². The van der Waals surface area contributed by atoms with E-state index in [0.717, 1.165) is 12.2 Å². The smallest absolute Gasteiger partial charge is 0.251 e. The Labute approximate surface area is 143 Å². The number of hydrazine groups is 1. The van der Waals surface area contributed by atoms with Gasteiger partial charge in [-0.3, -0.25) is 4.79 Å². The topological polar surface area (TPSA) is 44.8 Å². The van der Waals surface area contributed by atoms with Gasteiger partial charge in [0.25, 0.3) is 5.91 Å². The highest BCUT2D eigenvalue weighted by Gasteiger charge is 2.39. The average Bonchev–Trinajstić information content (AvgIpc) is 3.00. The maximum absolute atomic E-state index is 12.7. The zero-order chi connectivity index (χ0) is 17.1. The molecule has 1 N–H and O–H groups in total. The fraction of sp³-hybridized carbons (Fsp3) is 0.421. The van der Waals surface area contributed by atoms with Crippen molar-refractivity contribution >= 4 is 5.91 Å². The van der Waals surface area contributed by atoms with Crippen LogP contribution in [0.25, 0.3) is 0 Å². The first-order chi connectivity index (χ1) is 11.6. The summed E-state index contributed by atoms with van der Waals surface area (Å²) in [6, 6.07) is 8.10. The standard InChI is InChI=1S/C19H25N3O2/c1-4-24-16-7-5-15(6-8-16)17-13-18-19(23)21(10-9-14(2)3)11-12-22(18)20-17/h5-9,11-12,17-18,20H,4,10,13H2,1-3H3. The van der Waals surface area contributed by atoms with Gasteiger partial charge in [-0.25, -0.2) is 5.43 Å². The fourth-order valence-electron chi connectivity index (χ4n) is 3.05. The molecule has 5 nitrogen and oxygen atoms in total. The van der Waals surface area contributed by atoms with Gasteiger partial charge in [-0.1, -0.05) is 23.8 Å². The van der Waals surface area contributed by atoms with E-state index >= 15 is 0 Å². The number of hydrogen-bond acceptors (Lipinski definition) is 4. The highest BCUT2D eigenvalue weighted by atomic mass is 16.5. The Balaban J connectivity index is 1.68. The lowest BCUT2D eigenvalue weighted by Gasteiger charge is -2.31. The molecule has 0 aliphatic carbocycles. The van der Waals surface area contributed by atoms with Crippen LogP contribution < -0.4 is 10.2 Å². The third-order valence-corrected chi connectivity index (χ3v) is 4.36. The van der Waals surface area contributed by atoms with Crippen LogP contribution in [0.3, 0.4) is 0 Å². The number of fused-ring (bicyclic) bond motifs is 1. The molecule has 2 unspecified atom stereocenters. The largest absolute Gasteiger partial charge is 0.494 e. The molecule has 0 aromatic heterocycles. The lowest BCUT2D eigenvalue weighted by molar-refractivity contribution is -0.133. The zero-order valence-electron chi connectivity index (χ0n) is 14.5. The van der Waals surface area contributed by atoms with Crippen molar-refractivity contribution in [3.63, 3.8) is 0 Å². The molecule has 0 bridgehead atoms. The van der Waals surface area contributed by atoms with E-state index in [1.165, 1.54) is 11.1 Å². The molecule has 1 aromatic carbocycles. The molecule has 1 fully saturated rings. The summed E-state index contributed by atoms with van der Waals surface area (Å²) in [4.78, 5) is 14.5. The zero-order valence-corrected chi connectivity index (χ0v) is 14.5. The normalized spacial score (nSPS) is 22.5. The van der Waals surface area contributed by atoms with E-state index in [-0.39, 0.29) is 18.0 Å². The maximum Gasteiger partial charge on any atom is 0.251 e. The van der Waals surface area contributed by atoms with Crippen molar-refractivity contribution in [3.05, 3.63) is 53.9 Å². The Morgan fingerprint density at radius 3 is 2.71 bits per heavy atom. The predicted octanol–water partition coefficient (Wildman–Crippen LogP) is 2.98. The number of benzene rings is 1. The van der Waals surface area contributed by atoms with Gasteiger partial charge in [0.05, 0.1) is 12.6 Å². The minimum atomic E-state index is -0.142. The number of nitrogens with one attached hydrogen (secondary N) is 1. The van der Waals surface area contributed by atoms with Crippen molar-refractivity contribution in [2.45, 2.75) is 39.3 Å². The molecule has 2 heterocycles. The summed E-state index contributed by atoms with van der Waals surface area (Å²) in [5.41, 5.74) is 5.81. The molecule has 24 heavy (non-hydrogen) atoms. The second-order valence-electron chi connectivity index (χ2n) is 6.41. The van der Waals surface area contributed by atoms with Crippen LogP contribution in [0, 0.1) is 0 Å². The quantitative estimate of drug-likeness (QED) is 0.845. The number of carbonyl (C=O) groups is 1. The van der Waals surface area contributed by atoms with Crippen molar-refractivity contribution in [2.75, 3.05) is 13.2 Å². The summed E-state index contributed by atoms with van der Waals surface area (Å²) in [6.07, 6.45) is 6.65. The van der Waals surface area contributed by atoms with Gasteiger partial charge >= 0.3 is 0 Å². The van der Waals surface area contributed by atoms with E-state index in [0.29, 0.717) is 13.2 Å². The van der Waals surface area contributed by atoms with Crippen LogP contribution in [0.15, 0.2) is 48.3 Å². The van der Waals surface area contributed by atoms with Crippen LogP contribution in [0.1, 0.15) is 38.8 Å². The summed E-state index contributed by atoms with van der Waals surface area (Å²) in [7, 11) is 0. The SMILES string of the molecule is CCOc1ccc(C2CC3C(=O)N(CC=C(C)C)C=CN3N2)cc1. The van der Waals surface area contributed by atoms with Gasteiger partial charge in [-0.2, -0.15) is 0 Å². The predicted molar refractivity (Wildman–Crippen MR) is 94.0 cm³/mol. The second kappa shape index (κ2) is 7.09. The van der Waals surface area contributed by atoms with Crippen LogP contribution in [0.2, 0.25) is 0 Å².